The minimum atomic E-state index is -0.418. The van der Waals surface area contributed by atoms with Crippen molar-refractivity contribution in [3.8, 4) is 0 Å². The van der Waals surface area contributed by atoms with E-state index in [0.717, 1.165) is 25.7 Å². The summed E-state index contributed by atoms with van der Waals surface area (Å²) in [6.07, 6.45) is 3.97. The Balaban J connectivity index is 2.31. The number of ether oxygens (including phenoxy) is 1. The highest BCUT2D eigenvalue weighted by molar-refractivity contribution is 6.31. The Labute approximate surface area is 125 Å². The summed E-state index contributed by atoms with van der Waals surface area (Å²) in [6, 6.07) is 3.97. The second-order valence-electron chi connectivity index (χ2n) is 5.82. The fourth-order valence-corrected chi connectivity index (χ4v) is 3.35. The maximum Gasteiger partial charge on any atom is 0.123 e. The van der Waals surface area contributed by atoms with E-state index in [1.165, 1.54) is 12.1 Å². The summed E-state index contributed by atoms with van der Waals surface area (Å²) in [5, 5.41) is 0.511. The van der Waals surface area contributed by atoms with E-state index >= 15 is 0 Å². The number of halogens is 2. The van der Waals surface area contributed by atoms with Gasteiger partial charge in [-0.25, -0.2) is 4.39 Å². The van der Waals surface area contributed by atoms with Gasteiger partial charge in [-0.2, -0.15) is 0 Å². The van der Waals surface area contributed by atoms with Crippen molar-refractivity contribution in [3.05, 3.63) is 34.6 Å². The van der Waals surface area contributed by atoms with Crippen LogP contribution in [0.4, 0.5) is 4.39 Å². The Kier molecular flexibility index (Phi) is 5.05. The standard InChI is InChI=1S/C16H23ClFNO/c1-3-20-16(8-6-11(2)7-9-16)15(19)13-10-12(18)4-5-14(13)17/h4-5,10-11,15H,3,6-9,19H2,1-2H3. The van der Waals surface area contributed by atoms with Gasteiger partial charge in [0.05, 0.1) is 11.6 Å². The van der Waals surface area contributed by atoms with Gasteiger partial charge in [-0.3, -0.25) is 0 Å². The van der Waals surface area contributed by atoms with E-state index in [9.17, 15) is 4.39 Å². The average Bonchev–Trinajstić information content (AvgIpc) is 2.44. The molecule has 0 amide bonds. The predicted molar refractivity (Wildman–Crippen MR) is 80.3 cm³/mol. The molecule has 0 aliphatic heterocycles. The lowest BCUT2D eigenvalue weighted by Crippen LogP contribution is -2.46. The Morgan fingerprint density at radius 1 is 1.45 bits per heavy atom. The Bertz CT molecular complexity index is 458. The zero-order chi connectivity index (χ0) is 14.8. The molecule has 0 heterocycles. The summed E-state index contributed by atoms with van der Waals surface area (Å²) >= 11 is 6.20. The van der Waals surface area contributed by atoms with Gasteiger partial charge in [-0.1, -0.05) is 18.5 Å². The molecule has 1 aromatic carbocycles. The number of nitrogens with two attached hydrogens (primary N) is 1. The first-order chi connectivity index (χ1) is 9.48. The molecule has 1 unspecified atom stereocenters. The zero-order valence-corrected chi connectivity index (χ0v) is 12.9. The van der Waals surface area contributed by atoms with Crippen LogP contribution >= 0.6 is 11.6 Å². The van der Waals surface area contributed by atoms with E-state index in [-0.39, 0.29) is 5.82 Å². The first-order valence-corrected chi connectivity index (χ1v) is 7.71. The van der Waals surface area contributed by atoms with Gasteiger partial charge >= 0.3 is 0 Å². The van der Waals surface area contributed by atoms with Crippen LogP contribution in [0.5, 0.6) is 0 Å². The third-order valence-corrected chi connectivity index (χ3v) is 4.76. The molecular weight excluding hydrogens is 277 g/mol. The molecule has 4 heteroatoms. The maximum absolute atomic E-state index is 13.5. The monoisotopic (exact) mass is 299 g/mol. The van der Waals surface area contributed by atoms with Crippen LogP contribution in [0.1, 0.15) is 51.1 Å². The van der Waals surface area contributed by atoms with Crippen LogP contribution in [0.15, 0.2) is 18.2 Å². The van der Waals surface area contributed by atoms with Crippen molar-refractivity contribution >= 4 is 11.6 Å². The van der Waals surface area contributed by atoms with E-state index in [1.807, 2.05) is 6.92 Å². The first kappa shape index (κ1) is 15.7. The van der Waals surface area contributed by atoms with Gasteiger partial charge in [0, 0.05) is 11.6 Å². The molecule has 1 aromatic rings. The molecule has 0 saturated heterocycles. The van der Waals surface area contributed by atoms with Gasteiger partial charge in [0.2, 0.25) is 0 Å². The van der Waals surface area contributed by atoms with Gasteiger partial charge in [0.1, 0.15) is 5.82 Å². The highest BCUT2D eigenvalue weighted by Gasteiger charge is 2.41. The summed E-state index contributed by atoms with van der Waals surface area (Å²) < 4.78 is 19.5. The molecule has 1 aliphatic rings. The first-order valence-electron chi connectivity index (χ1n) is 7.33. The minimum Gasteiger partial charge on any atom is -0.373 e. The lowest BCUT2D eigenvalue weighted by atomic mass is 9.73. The molecule has 0 radical (unpaired) electrons. The van der Waals surface area contributed by atoms with E-state index in [2.05, 4.69) is 6.92 Å². The van der Waals surface area contributed by atoms with Crippen LogP contribution in [0.25, 0.3) is 0 Å². The number of rotatable bonds is 4. The van der Waals surface area contributed by atoms with Gasteiger partial charge in [-0.15, -0.1) is 0 Å². The minimum absolute atomic E-state index is 0.310. The van der Waals surface area contributed by atoms with Gasteiger partial charge < -0.3 is 10.5 Å². The molecule has 0 aromatic heterocycles. The second kappa shape index (κ2) is 6.42. The molecule has 1 atom stereocenters. The third-order valence-electron chi connectivity index (χ3n) is 4.41. The molecule has 1 fully saturated rings. The molecule has 2 nitrogen and oxygen atoms in total. The van der Waals surface area contributed by atoms with E-state index in [4.69, 9.17) is 22.1 Å². The molecule has 0 spiro atoms. The summed E-state index contributed by atoms with van der Waals surface area (Å²) in [5.41, 5.74) is 6.66. The predicted octanol–water partition coefficient (Wildman–Crippen LogP) is 4.46. The highest BCUT2D eigenvalue weighted by Crippen LogP contribution is 2.43. The summed E-state index contributed by atoms with van der Waals surface area (Å²) in [4.78, 5) is 0. The third kappa shape index (κ3) is 3.16. The molecule has 2 rings (SSSR count). The molecule has 1 aliphatic carbocycles. The smallest absolute Gasteiger partial charge is 0.123 e. The summed E-state index contributed by atoms with van der Waals surface area (Å²) in [7, 11) is 0. The van der Waals surface area contributed by atoms with E-state index in [1.54, 1.807) is 6.07 Å². The molecule has 20 heavy (non-hydrogen) atoms. The topological polar surface area (TPSA) is 35.2 Å². The molecule has 1 saturated carbocycles. The van der Waals surface area contributed by atoms with Crippen molar-refractivity contribution in [2.75, 3.05) is 6.61 Å². The van der Waals surface area contributed by atoms with Crippen LogP contribution in [0.2, 0.25) is 5.02 Å². The highest BCUT2D eigenvalue weighted by atomic mass is 35.5. The van der Waals surface area contributed by atoms with Crippen molar-refractivity contribution in [1.82, 2.24) is 0 Å². The zero-order valence-electron chi connectivity index (χ0n) is 12.2. The normalized spacial score (nSPS) is 28.4. The van der Waals surface area contributed by atoms with Crippen molar-refractivity contribution in [3.63, 3.8) is 0 Å². The van der Waals surface area contributed by atoms with Gasteiger partial charge in [0.15, 0.2) is 0 Å². The Morgan fingerprint density at radius 2 is 2.10 bits per heavy atom. The van der Waals surface area contributed by atoms with Crippen molar-refractivity contribution in [2.45, 2.75) is 51.2 Å². The molecular formula is C16H23ClFNO. The SMILES string of the molecule is CCOC1(C(N)c2cc(F)ccc2Cl)CCC(C)CC1. The number of hydrogen-bond donors (Lipinski definition) is 1. The lowest BCUT2D eigenvalue weighted by Gasteiger charge is -2.43. The van der Waals surface area contributed by atoms with Crippen LogP contribution < -0.4 is 5.73 Å². The second-order valence-corrected chi connectivity index (χ2v) is 6.23. The van der Waals surface area contributed by atoms with Crippen LogP contribution in [0, 0.1) is 11.7 Å². The van der Waals surface area contributed by atoms with Gasteiger partial charge in [0.25, 0.3) is 0 Å². The molecule has 0 bridgehead atoms. The fraction of sp³-hybridized carbons (Fsp3) is 0.625. The van der Waals surface area contributed by atoms with Crippen LogP contribution in [-0.4, -0.2) is 12.2 Å². The van der Waals surface area contributed by atoms with Crippen LogP contribution in [-0.2, 0) is 4.74 Å². The summed E-state index contributed by atoms with van der Waals surface area (Å²) in [5.74, 6) is 0.384. The lowest BCUT2D eigenvalue weighted by molar-refractivity contribution is -0.0897. The quantitative estimate of drug-likeness (QED) is 0.890. The Hall–Kier alpha value is -0.640. The fourth-order valence-electron chi connectivity index (χ4n) is 3.12. The molecule has 112 valence electrons. The largest absolute Gasteiger partial charge is 0.373 e. The van der Waals surface area contributed by atoms with Gasteiger partial charge in [-0.05, 0) is 62.3 Å². The van der Waals surface area contributed by atoms with Crippen molar-refractivity contribution < 1.29 is 9.13 Å². The maximum atomic E-state index is 13.5. The van der Waals surface area contributed by atoms with E-state index in [0.29, 0.717) is 23.1 Å². The molecule has 2 N–H and O–H groups in total. The number of hydrogen-bond acceptors (Lipinski definition) is 2. The number of benzene rings is 1. The van der Waals surface area contributed by atoms with Crippen LogP contribution in [0.3, 0.4) is 0 Å². The average molecular weight is 300 g/mol. The Morgan fingerprint density at radius 3 is 2.70 bits per heavy atom. The van der Waals surface area contributed by atoms with E-state index < -0.39 is 11.6 Å². The van der Waals surface area contributed by atoms with Crippen molar-refractivity contribution in [1.29, 1.82) is 0 Å². The summed E-state index contributed by atoms with van der Waals surface area (Å²) in [6.45, 7) is 4.82. The van der Waals surface area contributed by atoms with Crippen molar-refractivity contribution in [2.24, 2.45) is 11.7 Å².